The Morgan fingerprint density at radius 3 is 2.81 bits per heavy atom. The number of nitrogens with one attached hydrogen (secondary N) is 2. The molecule has 0 bridgehead atoms. The lowest BCUT2D eigenvalue weighted by Crippen LogP contribution is -2.54. The van der Waals surface area contributed by atoms with Gasteiger partial charge < -0.3 is 20.1 Å². The fourth-order valence-electron chi connectivity index (χ4n) is 4.14. The summed E-state index contributed by atoms with van der Waals surface area (Å²) < 4.78 is 11.0. The van der Waals surface area contributed by atoms with Gasteiger partial charge in [-0.3, -0.25) is 9.80 Å². The van der Waals surface area contributed by atoms with E-state index in [4.69, 9.17) is 9.47 Å². The molecule has 2 heterocycles. The number of nitrogens with zero attached hydrogens (tertiary/aromatic N) is 2. The number of hydrogen-bond donors (Lipinski definition) is 2. The quantitative estimate of drug-likeness (QED) is 0.711. The number of benzene rings is 1. The molecule has 1 aromatic carbocycles. The molecule has 2 saturated heterocycles. The molecule has 2 aliphatic rings. The molecule has 2 aliphatic heterocycles. The van der Waals surface area contributed by atoms with Crippen molar-refractivity contribution in [2.45, 2.75) is 25.5 Å². The van der Waals surface area contributed by atoms with Crippen molar-refractivity contribution >= 4 is 5.69 Å². The fraction of sp³-hybridized carbons (Fsp3) is 0.714. The van der Waals surface area contributed by atoms with Gasteiger partial charge in [-0.2, -0.15) is 0 Å². The van der Waals surface area contributed by atoms with Gasteiger partial charge in [0, 0.05) is 71.7 Å². The molecule has 1 unspecified atom stereocenters. The summed E-state index contributed by atoms with van der Waals surface area (Å²) in [5, 5.41) is 6.99. The number of ether oxygens (including phenoxy) is 2. The van der Waals surface area contributed by atoms with Gasteiger partial charge >= 0.3 is 0 Å². The van der Waals surface area contributed by atoms with E-state index in [1.54, 1.807) is 7.11 Å². The molecule has 3 rings (SSSR count). The van der Waals surface area contributed by atoms with Crippen molar-refractivity contribution in [3.8, 4) is 0 Å². The number of anilines is 1. The molecule has 152 valence electrons. The summed E-state index contributed by atoms with van der Waals surface area (Å²) in [5.41, 5.74) is 3.94. The fourth-order valence-corrected chi connectivity index (χ4v) is 4.14. The standard InChI is InChI=1S/C21H36N4O2/c1-17-4-5-18(13-21(17)22-2)12-19-14-24(7-6-23-19)8-9-25-10-11-27-20(15-25)16-26-3/h4-5,13,19-20,22-23H,6-12,14-16H2,1-3H3/t19?,20-/m0/s1. The second kappa shape index (κ2) is 10.4. The van der Waals surface area contributed by atoms with E-state index in [1.807, 2.05) is 7.05 Å². The Balaban J connectivity index is 1.45. The smallest absolute Gasteiger partial charge is 0.0935 e. The van der Waals surface area contributed by atoms with Crippen molar-refractivity contribution in [1.82, 2.24) is 15.1 Å². The first-order chi connectivity index (χ1) is 13.2. The van der Waals surface area contributed by atoms with Crippen LogP contribution in [0.15, 0.2) is 18.2 Å². The van der Waals surface area contributed by atoms with Crippen LogP contribution in [0.3, 0.4) is 0 Å². The lowest BCUT2D eigenvalue weighted by Gasteiger charge is -2.37. The van der Waals surface area contributed by atoms with Crippen LogP contribution >= 0.6 is 0 Å². The van der Waals surface area contributed by atoms with E-state index >= 15 is 0 Å². The SMILES string of the molecule is CNc1cc(CC2CN(CCN3CCO[C@H](COC)C3)CCN2)ccc1C. The van der Waals surface area contributed by atoms with E-state index in [2.05, 4.69) is 45.6 Å². The van der Waals surface area contributed by atoms with E-state index in [1.165, 1.54) is 16.8 Å². The van der Waals surface area contributed by atoms with E-state index < -0.39 is 0 Å². The first kappa shape index (κ1) is 20.6. The van der Waals surface area contributed by atoms with Crippen molar-refractivity contribution in [2.75, 3.05) is 78.5 Å². The number of morpholine rings is 1. The third kappa shape index (κ3) is 6.16. The first-order valence-corrected chi connectivity index (χ1v) is 10.2. The van der Waals surface area contributed by atoms with Crippen LogP contribution < -0.4 is 10.6 Å². The maximum Gasteiger partial charge on any atom is 0.0935 e. The average Bonchev–Trinajstić information content (AvgIpc) is 2.69. The highest BCUT2D eigenvalue weighted by Crippen LogP contribution is 2.18. The topological polar surface area (TPSA) is 49.0 Å². The third-order valence-electron chi connectivity index (χ3n) is 5.70. The monoisotopic (exact) mass is 376 g/mol. The predicted molar refractivity (Wildman–Crippen MR) is 111 cm³/mol. The molecule has 0 spiro atoms. The maximum absolute atomic E-state index is 5.76. The minimum atomic E-state index is 0.224. The van der Waals surface area contributed by atoms with Crippen molar-refractivity contribution in [2.24, 2.45) is 0 Å². The molecule has 1 aromatic rings. The molecule has 0 saturated carbocycles. The summed E-state index contributed by atoms with van der Waals surface area (Å²) in [7, 11) is 3.74. The predicted octanol–water partition coefficient (Wildman–Crippen LogP) is 1.20. The zero-order valence-electron chi connectivity index (χ0n) is 17.2. The van der Waals surface area contributed by atoms with Gasteiger partial charge in [-0.15, -0.1) is 0 Å². The normalized spacial score (nSPS) is 24.9. The van der Waals surface area contributed by atoms with Gasteiger partial charge in [-0.25, -0.2) is 0 Å². The summed E-state index contributed by atoms with van der Waals surface area (Å²) in [4.78, 5) is 5.12. The van der Waals surface area contributed by atoms with Gasteiger partial charge in [0.2, 0.25) is 0 Å². The molecule has 0 radical (unpaired) electrons. The van der Waals surface area contributed by atoms with Gasteiger partial charge in [0.05, 0.1) is 19.3 Å². The highest BCUT2D eigenvalue weighted by atomic mass is 16.5. The second-order valence-electron chi connectivity index (χ2n) is 7.80. The first-order valence-electron chi connectivity index (χ1n) is 10.2. The van der Waals surface area contributed by atoms with Gasteiger partial charge in [-0.05, 0) is 30.5 Å². The van der Waals surface area contributed by atoms with Crippen LogP contribution in [0.2, 0.25) is 0 Å². The van der Waals surface area contributed by atoms with Crippen molar-refractivity contribution < 1.29 is 9.47 Å². The molecule has 2 fully saturated rings. The summed E-state index contributed by atoms with van der Waals surface area (Å²) in [6.45, 7) is 11.3. The van der Waals surface area contributed by atoms with Gasteiger partial charge in [0.25, 0.3) is 0 Å². The number of methoxy groups -OCH3 is 1. The molecular weight excluding hydrogens is 340 g/mol. The zero-order chi connectivity index (χ0) is 19.1. The van der Waals surface area contributed by atoms with Crippen LogP contribution in [-0.4, -0.2) is 95.1 Å². The minimum absolute atomic E-state index is 0.224. The Morgan fingerprint density at radius 2 is 2.04 bits per heavy atom. The van der Waals surface area contributed by atoms with Crippen LogP contribution in [0.4, 0.5) is 5.69 Å². The Hall–Kier alpha value is -1.18. The van der Waals surface area contributed by atoms with Crippen LogP contribution in [-0.2, 0) is 15.9 Å². The summed E-state index contributed by atoms with van der Waals surface area (Å²) >= 11 is 0. The van der Waals surface area contributed by atoms with E-state index in [0.29, 0.717) is 12.6 Å². The molecule has 0 aliphatic carbocycles. The van der Waals surface area contributed by atoms with Crippen LogP contribution in [0.1, 0.15) is 11.1 Å². The summed E-state index contributed by atoms with van der Waals surface area (Å²) in [6, 6.07) is 7.30. The Morgan fingerprint density at radius 1 is 1.22 bits per heavy atom. The van der Waals surface area contributed by atoms with E-state index in [-0.39, 0.29) is 6.10 Å². The Bertz CT molecular complexity index is 581. The molecule has 6 nitrogen and oxygen atoms in total. The number of rotatable bonds is 8. The second-order valence-corrected chi connectivity index (χ2v) is 7.80. The number of aryl methyl sites for hydroxylation is 1. The molecule has 27 heavy (non-hydrogen) atoms. The van der Waals surface area contributed by atoms with Gasteiger partial charge in [0.15, 0.2) is 0 Å². The summed E-state index contributed by atoms with van der Waals surface area (Å²) in [5.74, 6) is 0. The molecule has 2 atom stereocenters. The van der Waals surface area contributed by atoms with Crippen LogP contribution in [0.25, 0.3) is 0 Å². The lowest BCUT2D eigenvalue weighted by atomic mass is 10.0. The molecule has 6 heteroatoms. The van der Waals surface area contributed by atoms with Crippen molar-refractivity contribution in [3.63, 3.8) is 0 Å². The Kier molecular flexibility index (Phi) is 7.91. The minimum Gasteiger partial charge on any atom is -0.388 e. The van der Waals surface area contributed by atoms with Crippen molar-refractivity contribution in [3.05, 3.63) is 29.3 Å². The molecule has 2 N–H and O–H groups in total. The van der Waals surface area contributed by atoms with Gasteiger partial charge in [-0.1, -0.05) is 12.1 Å². The van der Waals surface area contributed by atoms with Gasteiger partial charge in [0.1, 0.15) is 0 Å². The van der Waals surface area contributed by atoms with Crippen molar-refractivity contribution in [1.29, 1.82) is 0 Å². The molecule has 0 aromatic heterocycles. The maximum atomic E-state index is 5.76. The highest BCUT2D eigenvalue weighted by Gasteiger charge is 2.23. The largest absolute Gasteiger partial charge is 0.388 e. The van der Waals surface area contributed by atoms with E-state index in [9.17, 15) is 0 Å². The molecular formula is C21H36N4O2. The third-order valence-corrected chi connectivity index (χ3v) is 5.70. The lowest BCUT2D eigenvalue weighted by molar-refractivity contribution is -0.0624. The average molecular weight is 377 g/mol. The summed E-state index contributed by atoms with van der Waals surface area (Å²) in [6.07, 6.45) is 1.31. The van der Waals surface area contributed by atoms with Crippen LogP contribution in [0.5, 0.6) is 0 Å². The Labute approximate surface area is 164 Å². The number of piperazine rings is 1. The zero-order valence-corrected chi connectivity index (χ0v) is 17.2. The van der Waals surface area contributed by atoms with E-state index in [0.717, 1.165) is 58.8 Å². The molecule has 0 amide bonds. The van der Waals surface area contributed by atoms with Crippen LogP contribution in [0, 0.1) is 6.92 Å². The number of hydrogen-bond acceptors (Lipinski definition) is 6. The highest BCUT2D eigenvalue weighted by molar-refractivity contribution is 5.52.